The summed E-state index contributed by atoms with van der Waals surface area (Å²) in [6.45, 7) is 2.13. The number of alkyl halides is 2. The van der Waals surface area contributed by atoms with Crippen LogP contribution in [0.5, 0.6) is 0 Å². The second-order valence-corrected chi connectivity index (χ2v) is 4.63. The molecule has 0 nitrogen and oxygen atoms in total. The van der Waals surface area contributed by atoms with Crippen LogP contribution in [0.2, 0.25) is 0 Å². The fraction of sp³-hybridized carbons (Fsp3) is 0.500. The van der Waals surface area contributed by atoms with Crippen molar-refractivity contribution < 1.29 is 0 Å². The standard InChI is InChI=1S/C12H16Cl2/c1-2-6-11(13)12(14)9-10-7-4-3-5-8-10/h3-5,7-8,11-12H,2,6,9H2,1H3. The lowest BCUT2D eigenvalue weighted by Gasteiger charge is -2.15. The molecule has 0 fully saturated rings. The van der Waals surface area contributed by atoms with Gasteiger partial charge < -0.3 is 0 Å². The second kappa shape index (κ2) is 6.31. The molecular weight excluding hydrogens is 215 g/mol. The highest BCUT2D eigenvalue weighted by Crippen LogP contribution is 2.19. The summed E-state index contributed by atoms with van der Waals surface area (Å²) in [5.74, 6) is 0. The summed E-state index contributed by atoms with van der Waals surface area (Å²) in [7, 11) is 0. The molecule has 1 rings (SSSR count). The van der Waals surface area contributed by atoms with Crippen molar-refractivity contribution in [2.75, 3.05) is 0 Å². The Morgan fingerprint density at radius 2 is 1.71 bits per heavy atom. The van der Waals surface area contributed by atoms with Crippen LogP contribution in [0.4, 0.5) is 0 Å². The SMILES string of the molecule is CCCC(Cl)C(Cl)Cc1ccccc1. The van der Waals surface area contributed by atoms with E-state index in [2.05, 4.69) is 19.1 Å². The summed E-state index contributed by atoms with van der Waals surface area (Å²) in [5.41, 5.74) is 1.26. The molecule has 78 valence electrons. The Morgan fingerprint density at radius 1 is 1.07 bits per heavy atom. The largest absolute Gasteiger partial charge is 0.121 e. The topological polar surface area (TPSA) is 0 Å². The van der Waals surface area contributed by atoms with Crippen LogP contribution in [0.3, 0.4) is 0 Å². The van der Waals surface area contributed by atoms with Gasteiger partial charge in [-0.15, -0.1) is 23.2 Å². The highest BCUT2D eigenvalue weighted by Gasteiger charge is 2.15. The highest BCUT2D eigenvalue weighted by atomic mass is 35.5. The number of hydrogen-bond donors (Lipinski definition) is 0. The highest BCUT2D eigenvalue weighted by molar-refractivity contribution is 6.30. The number of hydrogen-bond acceptors (Lipinski definition) is 0. The van der Waals surface area contributed by atoms with Crippen molar-refractivity contribution in [1.82, 2.24) is 0 Å². The van der Waals surface area contributed by atoms with Gasteiger partial charge in [-0.25, -0.2) is 0 Å². The summed E-state index contributed by atoms with van der Waals surface area (Å²) in [4.78, 5) is 0. The minimum Gasteiger partial charge on any atom is -0.121 e. The first kappa shape index (κ1) is 11.9. The van der Waals surface area contributed by atoms with Gasteiger partial charge in [0, 0.05) is 0 Å². The van der Waals surface area contributed by atoms with Crippen molar-refractivity contribution in [2.45, 2.75) is 36.9 Å². The fourth-order valence-electron chi connectivity index (χ4n) is 1.42. The van der Waals surface area contributed by atoms with Gasteiger partial charge in [0.05, 0.1) is 10.8 Å². The zero-order valence-electron chi connectivity index (χ0n) is 8.42. The van der Waals surface area contributed by atoms with E-state index in [1.165, 1.54) is 5.56 Å². The number of rotatable bonds is 5. The van der Waals surface area contributed by atoms with Gasteiger partial charge in [-0.1, -0.05) is 43.7 Å². The third kappa shape index (κ3) is 3.89. The Labute approximate surface area is 96.2 Å². The summed E-state index contributed by atoms with van der Waals surface area (Å²) in [6.07, 6.45) is 2.94. The molecule has 2 heteroatoms. The maximum atomic E-state index is 6.21. The molecule has 0 N–H and O–H groups in total. The number of benzene rings is 1. The maximum Gasteiger partial charge on any atom is 0.0540 e. The summed E-state index contributed by atoms with van der Waals surface area (Å²) in [6, 6.07) is 10.2. The van der Waals surface area contributed by atoms with Crippen LogP contribution in [0.15, 0.2) is 30.3 Å². The van der Waals surface area contributed by atoms with Crippen LogP contribution in [0, 0.1) is 0 Å². The lowest BCUT2D eigenvalue weighted by Crippen LogP contribution is -2.17. The van der Waals surface area contributed by atoms with Gasteiger partial charge in [0.25, 0.3) is 0 Å². The third-order valence-electron chi connectivity index (χ3n) is 2.23. The van der Waals surface area contributed by atoms with E-state index in [0.717, 1.165) is 19.3 Å². The molecule has 1 aromatic carbocycles. The smallest absolute Gasteiger partial charge is 0.0540 e. The summed E-state index contributed by atoms with van der Waals surface area (Å²) >= 11 is 12.4. The maximum absolute atomic E-state index is 6.21. The van der Waals surface area contributed by atoms with Crippen LogP contribution < -0.4 is 0 Å². The second-order valence-electron chi connectivity index (χ2n) is 3.51. The lowest BCUT2D eigenvalue weighted by atomic mass is 10.1. The van der Waals surface area contributed by atoms with Gasteiger partial charge in [-0.05, 0) is 18.4 Å². The summed E-state index contributed by atoms with van der Waals surface area (Å²) < 4.78 is 0. The van der Waals surface area contributed by atoms with Gasteiger partial charge >= 0.3 is 0 Å². The molecule has 0 saturated heterocycles. The van der Waals surface area contributed by atoms with Crippen molar-refractivity contribution >= 4 is 23.2 Å². The summed E-state index contributed by atoms with van der Waals surface area (Å²) in [5, 5.41) is 0.126. The molecule has 2 unspecified atom stereocenters. The van der Waals surface area contributed by atoms with Crippen LogP contribution in [-0.4, -0.2) is 10.8 Å². The Morgan fingerprint density at radius 3 is 2.29 bits per heavy atom. The Balaban J connectivity index is 2.44. The van der Waals surface area contributed by atoms with Gasteiger partial charge in [-0.2, -0.15) is 0 Å². The molecule has 0 spiro atoms. The Hall–Kier alpha value is -0.200. The molecule has 0 saturated carbocycles. The molecule has 2 atom stereocenters. The minimum atomic E-state index is 0.0408. The number of halogens is 2. The van der Waals surface area contributed by atoms with Crippen LogP contribution in [0.1, 0.15) is 25.3 Å². The van der Waals surface area contributed by atoms with E-state index >= 15 is 0 Å². The first-order valence-electron chi connectivity index (χ1n) is 5.06. The first-order chi connectivity index (χ1) is 6.74. The van der Waals surface area contributed by atoms with E-state index < -0.39 is 0 Å². The van der Waals surface area contributed by atoms with Crippen molar-refractivity contribution in [3.8, 4) is 0 Å². The first-order valence-corrected chi connectivity index (χ1v) is 5.93. The minimum absolute atomic E-state index is 0.0408. The molecule has 0 amide bonds. The Bertz CT molecular complexity index is 246. The molecule has 0 aromatic heterocycles. The molecule has 0 aliphatic carbocycles. The van der Waals surface area contributed by atoms with Crippen LogP contribution >= 0.6 is 23.2 Å². The van der Waals surface area contributed by atoms with Crippen LogP contribution in [0.25, 0.3) is 0 Å². The van der Waals surface area contributed by atoms with Crippen LogP contribution in [-0.2, 0) is 6.42 Å². The lowest BCUT2D eigenvalue weighted by molar-refractivity contribution is 0.683. The van der Waals surface area contributed by atoms with Crippen molar-refractivity contribution in [1.29, 1.82) is 0 Å². The van der Waals surface area contributed by atoms with Crippen molar-refractivity contribution in [3.63, 3.8) is 0 Å². The van der Waals surface area contributed by atoms with E-state index in [0.29, 0.717) is 0 Å². The molecular formula is C12H16Cl2. The van der Waals surface area contributed by atoms with E-state index in [1.54, 1.807) is 0 Å². The zero-order chi connectivity index (χ0) is 10.4. The predicted molar refractivity (Wildman–Crippen MR) is 64.3 cm³/mol. The average molecular weight is 231 g/mol. The monoisotopic (exact) mass is 230 g/mol. The van der Waals surface area contributed by atoms with Crippen molar-refractivity contribution in [3.05, 3.63) is 35.9 Å². The molecule has 0 radical (unpaired) electrons. The fourth-order valence-corrected chi connectivity index (χ4v) is 2.04. The Kier molecular flexibility index (Phi) is 5.36. The molecule has 0 aliphatic heterocycles. The van der Waals surface area contributed by atoms with E-state index in [-0.39, 0.29) is 10.8 Å². The van der Waals surface area contributed by atoms with E-state index in [4.69, 9.17) is 23.2 Å². The predicted octanol–water partition coefficient (Wildman–Crippen LogP) is 4.24. The van der Waals surface area contributed by atoms with Gasteiger partial charge in [-0.3, -0.25) is 0 Å². The van der Waals surface area contributed by atoms with Gasteiger partial charge in [0.2, 0.25) is 0 Å². The normalized spacial score (nSPS) is 15.1. The van der Waals surface area contributed by atoms with Gasteiger partial charge in [0.1, 0.15) is 0 Å². The molecule has 1 aromatic rings. The third-order valence-corrected chi connectivity index (χ3v) is 3.34. The van der Waals surface area contributed by atoms with Crippen molar-refractivity contribution in [2.24, 2.45) is 0 Å². The van der Waals surface area contributed by atoms with Gasteiger partial charge in [0.15, 0.2) is 0 Å². The van der Waals surface area contributed by atoms with E-state index in [1.807, 2.05) is 18.2 Å². The quantitative estimate of drug-likeness (QED) is 0.665. The molecule has 0 heterocycles. The average Bonchev–Trinajstić information content (AvgIpc) is 2.19. The van der Waals surface area contributed by atoms with E-state index in [9.17, 15) is 0 Å². The molecule has 14 heavy (non-hydrogen) atoms. The molecule has 0 bridgehead atoms. The molecule has 0 aliphatic rings. The zero-order valence-corrected chi connectivity index (χ0v) is 9.93.